The van der Waals surface area contributed by atoms with E-state index in [1.54, 1.807) is 6.33 Å². The second-order valence-electron chi connectivity index (χ2n) is 5.42. The first kappa shape index (κ1) is 11.1. The highest BCUT2D eigenvalue weighted by molar-refractivity contribution is 5.26. The number of aliphatic hydroxyl groups is 1. The van der Waals surface area contributed by atoms with Crippen LogP contribution in [0.25, 0.3) is 0 Å². The lowest BCUT2D eigenvalue weighted by Crippen LogP contribution is -2.16. The molecule has 2 aliphatic rings. The highest BCUT2D eigenvalue weighted by Gasteiger charge is 2.30. The maximum Gasteiger partial charge on any atom is 0.115 e. The van der Waals surface area contributed by atoms with E-state index in [0.29, 0.717) is 5.92 Å². The fourth-order valence-electron chi connectivity index (χ4n) is 2.79. The van der Waals surface area contributed by atoms with E-state index in [1.165, 1.54) is 43.4 Å². The number of hydrogen-bond acceptors (Lipinski definition) is 3. The molecule has 0 radical (unpaired) electrons. The van der Waals surface area contributed by atoms with E-state index in [4.69, 9.17) is 0 Å². The summed E-state index contributed by atoms with van der Waals surface area (Å²) >= 11 is 0. The van der Waals surface area contributed by atoms with Crippen LogP contribution in [0.3, 0.4) is 0 Å². The molecule has 2 aliphatic carbocycles. The first-order chi connectivity index (χ1) is 8.34. The van der Waals surface area contributed by atoms with Gasteiger partial charge in [-0.3, -0.25) is 0 Å². The molecule has 1 N–H and O–H groups in total. The molecule has 1 heterocycles. The molecule has 1 unspecified atom stereocenters. The zero-order valence-electron chi connectivity index (χ0n) is 10.2. The minimum Gasteiger partial charge on any atom is -0.392 e. The zero-order valence-corrected chi connectivity index (χ0v) is 10.2. The van der Waals surface area contributed by atoms with Crippen LogP contribution in [0.1, 0.15) is 49.1 Å². The van der Waals surface area contributed by atoms with Crippen LogP contribution in [0, 0.1) is 5.92 Å². The van der Waals surface area contributed by atoms with Gasteiger partial charge in [0.2, 0.25) is 0 Å². The van der Waals surface area contributed by atoms with Crippen molar-refractivity contribution in [3.05, 3.63) is 23.3 Å². The standard InChI is InChI=1S/C14H20N2O/c17-14(10-6-7-10)8-13-11-4-2-1-3-5-12(11)15-9-16-13/h9-10,14,17H,1-8H2. The number of aromatic nitrogens is 2. The van der Waals surface area contributed by atoms with Crippen LogP contribution in [0.2, 0.25) is 0 Å². The molecule has 3 heteroatoms. The average molecular weight is 232 g/mol. The minimum atomic E-state index is -0.183. The Morgan fingerprint density at radius 3 is 2.82 bits per heavy atom. The van der Waals surface area contributed by atoms with Gasteiger partial charge < -0.3 is 5.11 Å². The summed E-state index contributed by atoms with van der Waals surface area (Å²) in [7, 11) is 0. The van der Waals surface area contributed by atoms with Crippen molar-refractivity contribution in [1.29, 1.82) is 0 Å². The lowest BCUT2D eigenvalue weighted by Gasteiger charge is -2.13. The molecule has 1 atom stereocenters. The molecule has 3 rings (SSSR count). The number of nitrogens with zero attached hydrogens (tertiary/aromatic N) is 2. The van der Waals surface area contributed by atoms with E-state index in [-0.39, 0.29) is 6.10 Å². The number of fused-ring (bicyclic) bond motifs is 1. The molecular formula is C14H20N2O. The van der Waals surface area contributed by atoms with E-state index in [2.05, 4.69) is 9.97 Å². The molecule has 0 bridgehead atoms. The third kappa shape index (κ3) is 2.49. The number of hydrogen-bond donors (Lipinski definition) is 1. The van der Waals surface area contributed by atoms with E-state index >= 15 is 0 Å². The molecule has 0 aliphatic heterocycles. The Labute approximate surface area is 102 Å². The van der Waals surface area contributed by atoms with E-state index in [1.807, 2.05) is 0 Å². The lowest BCUT2D eigenvalue weighted by molar-refractivity contribution is 0.150. The van der Waals surface area contributed by atoms with Crippen molar-refractivity contribution in [3.8, 4) is 0 Å². The average Bonchev–Trinajstić information content (AvgIpc) is 3.16. The lowest BCUT2D eigenvalue weighted by atomic mass is 10.0. The van der Waals surface area contributed by atoms with Crippen molar-refractivity contribution in [2.45, 2.75) is 57.5 Å². The summed E-state index contributed by atoms with van der Waals surface area (Å²) in [6.45, 7) is 0. The number of aryl methyl sites for hydroxylation is 1. The molecule has 0 aromatic carbocycles. The Morgan fingerprint density at radius 2 is 2.00 bits per heavy atom. The van der Waals surface area contributed by atoms with Gasteiger partial charge in [0.25, 0.3) is 0 Å². The predicted octanol–water partition coefficient (Wildman–Crippen LogP) is 2.06. The van der Waals surface area contributed by atoms with Crippen molar-refractivity contribution in [3.63, 3.8) is 0 Å². The second kappa shape index (κ2) is 4.73. The number of rotatable bonds is 3. The van der Waals surface area contributed by atoms with E-state index in [9.17, 15) is 5.11 Å². The van der Waals surface area contributed by atoms with Gasteiger partial charge in [-0.25, -0.2) is 9.97 Å². The van der Waals surface area contributed by atoms with Gasteiger partial charge in [-0.1, -0.05) is 6.42 Å². The molecular weight excluding hydrogens is 212 g/mol. The van der Waals surface area contributed by atoms with Crippen LogP contribution in [-0.4, -0.2) is 21.2 Å². The predicted molar refractivity (Wildman–Crippen MR) is 65.7 cm³/mol. The van der Waals surface area contributed by atoms with Gasteiger partial charge in [0.15, 0.2) is 0 Å². The van der Waals surface area contributed by atoms with Crippen LogP contribution in [0.5, 0.6) is 0 Å². The van der Waals surface area contributed by atoms with Gasteiger partial charge in [-0.15, -0.1) is 0 Å². The van der Waals surface area contributed by atoms with Crippen LogP contribution >= 0.6 is 0 Å². The summed E-state index contributed by atoms with van der Waals surface area (Å²) in [6.07, 6.45) is 10.6. The fraction of sp³-hybridized carbons (Fsp3) is 0.714. The molecule has 17 heavy (non-hydrogen) atoms. The Hall–Kier alpha value is -0.960. The molecule has 92 valence electrons. The topological polar surface area (TPSA) is 46.0 Å². The summed E-state index contributed by atoms with van der Waals surface area (Å²) in [5.41, 5.74) is 3.68. The largest absolute Gasteiger partial charge is 0.392 e. The van der Waals surface area contributed by atoms with Crippen molar-refractivity contribution < 1.29 is 5.11 Å². The Balaban J connectivity index is 1.82. The first-order valence-electron chi connectivity index (χ1n) is 6.84. The van der Waals surface area contributed by atoms with Crippen molar-refractivity contribution >= 4 is 0 Å². The summed E-state index contributed by atoms with van der Waals surface area (Å²) < 4.78 is 0. The van der Waals surface area contributed by atoms with Gasteiger partial charge in [0.05, 0.1) is 6.10 Å². The third-order valence-corrected chi connectivity index (χ3v) is 4.03. The fourth-order valence-corrected chi connectivity index (χ4v) is 2.79. The second-order valence-corrected chi connectivity index (χ2v) is 5.42. The van der Waals surface area contributed by atoms with Crippen LogP contribution in [-0.2, 0) is 19.3 Å². The third-order valence-electron chi connectivity index (χ3n) is 4.03. The Bertz CT molecular complexity index is 401. The van der Waals surface area contributed by atoms with Gasteiger partial charge in [-0.2, -0.15) is 0 Å². The first-order valence-corrected chi connectivity index (χ1v) is 6.84. The maximum atomic E-state index is 10.1. The normalized spacial score (nSPS) is 21.7. The van der Waals surface area contributed by atoms with E-state index < -0.39 is 0 Å². The van der Waals surface area contributed by atoms with Crippen LogP contribution < -0.4 is 0 Å². The van der Waals surface area contributed by atoms with E-state index in [0.717, 1.165) is 25.0 Å². The molecule has 0 saturated heterocycles. The van der Waals surface area contributed by atoms with Crippen molar-refractivity contribution in [2.75, 3.05) is 0 Å². The van der Waals surface area contributed by atoms with Gasteiger partial charge in [0, 0.05) is 17.8 Å². The highest BCUT2D eigenvalue weighted by atomic mass is 16.3. The van der Waals surface area contributed by atoms with Crippen molar-refractivity contribution in [1.82, 2.24) is 9.97 Å². The van der Waals surface area contributed by atoms with Gasteiger partial charge in [-0.05, 0) is 50.0 Å². The maximum absolute atomic E-state index is 10.1. The molecule has 0 spiro atoms. The Kier molecular flexibility index (Phi) is 3.10. The zero-order chi connectivity index (χ0) is 11.7. The van der Waals surface area contributed by atoms with Crippen LogP contribution in [0.15, 0.2) is 6.33 Å². The SMILES string of the molecule is OC(Cc1ncnc2c1CCCCC2)C1CC1. The van der Waals surface area contributed by atoms with Gasteiger partial charge >= 0.3 is 0 Å². The molecule has 1 aromatic rings. The Morgan fingerprint density at radius 1 is 1.18 bits per heavy atom. The monoisotopic (exact) mass is 232 g/mol. The smallest absolute Gasteiger partial charge is 0.115 e. The molecule has 3 nitrogen and oxygen atoms in total. The quantitative estimate of drug-likeness (QED) is 0.811. The molecule has 0 amide bonds. The molecule has 1 aromatic heterocycles. The summed E-state index contributed by atoms with van der Waals surface area (Å²) in [6, 6.07) is 0. The summed E-state index contributed by atoms with van der Waals surface area (Å²) in [4.78, 5) is 8.83. The van der Waals surface area contributed by atoms with Crippen LogP contribution in [0.4, 0.5) is 0 Å². The van der Waals surface area contributed by atoms with Crippen molar-refractivity contribution in [2.24, 2.45) is 5.92 Å². The number of aliphatic hydroxyl groups excluding tert-OH is 1. The molecule has 1 saturated carbocycles. The minimum absolute atomic E-state index is 0.183. The summed E-state index contributed by atoms with van der Waals surface area (Å²) in [5, 5.41) is 10.1. The van der Waals surface area contributed by atoms with Gasteiger partial charge in [0.1, 0.15) is 6.33 Å². The summed E-state index contributed by atoms with van der Waals surface area (Å²) in [5.74, 6) is 0.534. The molecule has 1 fully saturated rings. The highest BCUT2D eigenvalue weighted by Crippen LogP contribution is 2.34.